The Morgan fingerprint density at radius 2 is 1.77 bits per heavy atom. The maximum atomic E-state index is 12.8. The van der Waals surface area contributed by atoms with Crippen molar-refractivity contribution in [2.24, 2.45) is 0 Å². The Bertz CT molecular complexity index is 1320. The molecule has 2 aromatic heterocycles. The SMILES string of the molecule is O=c1cc(-c2ccc(C(F)(F)F)cc2)ccn1-c1ccc2c3c(oc2c1)CCCNC3. The molecule has 4 nitrogen and oxygen atoms in total. The standard InChI is InChI=1S/C24H19F3N2O2/c25-24(26,27)17-5-3-15(4-6-17)16-9-11-29(23(30)12-16)18-7-8-19-20-14-28-10-1-2-21(20)31-22(19)13-18/h3-9,11-13,28H,1-2,10,14H2. The number of alkyl halides is 3. The minimum Gasteiger partial charge on any atom is -0.461 e. The third kappa shape index (κ3) is 3.65. The van der Waals surface area contributed by atoms with E-state index in [0.29, 0.717) is 16.8 Å². The average Bonchev–Trinajstić information content (AvgIpc) is 2.93. The van der Waals surface area contributed by atoms with Crippen LogP contribution in [0.5, 0.6) is 0 Å². The van der Waals surface area contributed by atoms with Crippen molar-refractivity contribution in [2.75, 3.05) is 6.54 Å². The first kappa shape index (κ1) is 19.6. The zero-order chi connectivity index (χ0) is 21.6. The molecule has 158 valence electrons. The van der Waals surface area contributed by atoms with Crippen LogP contribution in [0.25, 0.3) is 27.8 Å². The Labute approximate surface area is 175 Å². The summed E-state index contributed by atoms with van der Waals surface area (Å²) in [5.41, 5.74) is 2.71. The van der Waals surface area contributed by atoms with Crippen LogP contribution >= 0.6 is 0 Å². The molecular formula is C24H19F3N2O2. The number of nitrogens with zero attached hydrogens (tertiary/aromatic N) is 1. The van der Waals surface area contributed by atoms with Gasteiger partial charge in [-0.2, -0.15) is 13.2 Å². The number of aryl methyl sites for hydroxylation is 1. The highest BCUT2D eigenvalue weighted by atomic mass is 19.4. The number of aromatic nitrogens is 1. The van der Waals surface area contributed by atoms with Crippen LogP contribution in [0.4, 0.5) is 13.2 Å². The predicted octanol–water partition coefficient (Wildman–Crippen LogP) is 5.31. The van der Waals surface area contributed by atoms with E-state index < -0.39 is 11.7 Å². The smallest absolute Gasteiger partial charge is 0.416 e. The molecule has 0 radical (unpaired) electrons. The van der Waals surface area contributed by atoms with Crippen LogP contribution in [0.3, 0.4) is 0 Å². The molecule has 0 saturated heterocycles. The highest BCUT2D eigenvalue weighted by Crippen LogP contribution is 2.31. The van der Waals surface area contributed by atoms with Crippen molar-refractivity contribution in [3.05, 3.63) is 88.0 Å². The fourth-order valence-electron chi connectivity index (χ4n) is 4.05. The summed E-state index contributed by atoms with van der Waals surface area (Å²) in [6.07, 6.45) is -0.856. The Morgan fingerprint density at radius 3 is 2.52 bits per heavy atom. The van der Waals surface area contributed by atoms with Gasteiger partial charge >= 0.3 is 6.18 Å². The summed E-state index contributed by atoms with van der Waals surface area (Å²) >= 11 is 0. The second-order valence-electron chi connectivity index (χ2n) is 7.66. The van der Waals surface area contributed by atoms with E-state index in [-0.39, 0.29) is 5.56 Å². The van der Waals surface area contributed by atoms with E-state index in [1.807, 2.05) is 18.2 Å². The largest absolute Gasteiger partial charge is 0.461 e. The molecule has 7 heteroatoms. The maximum Gasteiger partial charge on any atom is 0.416 e. The lowest BCUT2D eigenvalue weighted by Gasteiger charge is -2.09. The van der Waals surface area contributed by atoms with E-state index in [1.54, 1.807) is 12.3 Å². The topological polar surface area (TPSA) is 47.2 Å². The van der Waals surface area contributed by atoms with E-state index in [9.17, 15) is 18.0 Å². The van der Waals surface area contributed by atoms with Crippen molar-refractivity contribution in [1.29, 1.82) is 0 Å². The molecule has 0 bridgehead atoms. The van der Waals surface area contributed by atoms with Crippen LogP contribution in [0.1, 0.15) is 23.3 Å². The molecule has 1 N–H and O–H groups in total. The Kier molecular flexibility index (Phi) is 4.70. The van der Waals surface area contributed by atoms with Crippen molar-refractivity contribution < 1.29 is 17.6 Å². The summed E-state index contributed by atoms with van der Waals surface area (Å²) in [6.45, 7) is 1.73. The normalized spacial score (nSPS) is 14.4. The molecule has 3 heterocycles. The maximum absolute atomic E-state index is 12.8. The molecule has 0 saturated carbocycles. The van der Waals surface area contributed by atoms with Gasteiger partial charge in [-0.15, -0.1) is 0 Å². The van der Waals surface area contributed by atoms with E-state index in [1.165, 1.54) is 28.3 Å². The lowest BCUT2D eigenvalue weighted by molar-refractivity contribution is -0.137. The summed E-state index contributed by atoms with van der Waals surface area (Å²) in [6, 6.07) is 13.6. The number of pyridine rings is 1. The van der Waals surface area contributed by atoms with E-state index in [0.717, 1.165) is 54.8 Å². The number of nitrogens with one attached hydrogen (secondary N) is 1. The fourth-order valence-corrected chi connectivity index (χ4v) is 4.05. The molecule has 4 aromatic rings. The third-order valence-electron chi connectivity index (χ3n) is 5.66. The second kappa shape index (κ2) is 7.42. The first-order chi connectivity index (χ1) is 14.9. The van der Waals surface area contributed by atoms with E-state index in [2.05, 4.69) is 5.32 Å². The molecule has 0 unspecified atom stereocenters. The minimum atomic E-state index is -4.39. The van der Waals surface area contributed by atoms with Gasteiger partial charge in [0.15, 0.2) is 0 Å². The van der Waals surface area contributed by atoms with Gasteiger partial charge in [-0.1, -0.05) is 12.1 Å². The second-order valence-corrected chi connectivity index (χ2v) is 7.66. The lowest BCUT2D eigenvalue weighted by atomic mass is 10.0. The zero-order valence-corrected chi connectivity index (χ0v) is 16.5. The van der Waals surface area contributed by atoms with E-state index in [4.69, 9.17) is 4.42 Å². The molecule has 31 heavy (non-hydrogen) atoms. The fraction of sp³-hybridized carbons (Fsp3) is 0.208. The number of hydrogen-bond acceptors (Lipinski definition) is 3. The predicted molar refractivity (Wildman–Crippen MR) is 112 cm³/mol. The molecule has 0 amide bonds. The summed E-state index contributed by atoms with van der Waals surface area (Å²) in [7, 11) is 0. The molecule has 0 spiro atoms. The van der Waals surface area contributed by atoms with Crippen LogP contribution < -0.4 is 10.9 Å². The molecule has 0 fully saturated rings. The van der Waals surface area contributed by atoms with Gasteiger partial charge in [0.05, 0.1) is 11.3 Å². The van der Waals surface area contributed by atoms with Gasteiger partial charge in [-0.25, -0.2) is 0 Å². The number of rotatable bonds is 2. The molecular weight excluding hydrogens is 405 g/mol. The van der Waals surface area contributed by atoms with Crippen molar-refractivity contribution in [3.8, 4) is 16.8 Å². The average molecular weight is 424 g/mol. The van der Waals surface area contributed by atoms with Crippen LogP contribution in [0, 0.1) is 0 Å². The molecule has 0 aliphatic carbocycles. The number of benzene rings is 2. The Morgan fingerprint density at radius 1 is 0.968 bits per heavy atom. The molecule has 2 aromatic carbocycles. The third-order valence-corrected chi connectivity index (χ3v) is 5.66. The van der Waals surface area contributed by atoms with Gasteiger partial charge in [0.1, 0.15) is 11.3 Å². The molecule has 0 atom stereocenters. The summed E-state index contributed by atoms with van der Waals surface area (Å²) in [4.78, 5) is 12.8. The van der Waals surface area contributed by atoms with Gasteiger partial charge in [0.25, 0.3) is 5.56 Å². The molecule has 1 aliphatic rings. The van der Waals surface area contributed by atoms with Crippen LogP contribution in [0.2, 0.25) is 0 Å². The number of furan rings is 1. The monoisotopic (exact) mass is 424 g/mol. The van der Waals surface area contributed by atoms with Crippen molar-refractivity contribution in [1.82, 2.24) is 9.88 Å². The lowest BCUT2D eigenvalue weighted by Crippen LogP contribution is -2.16. The Balaban J connectivity index is 1.49. The number of halogens is 3. The minimum absolute atomic E-state index is 0.272. The van der Waals surface area contributed by atoms with Crippen LogP contribution in [-0.4, -0.2) is 11.1 Å². The molecule has 5 rings (SSSR count). The van der Waals surface area contributed by atoms with Gasteiger partial charge in [0, 0.05) is 42.2 Å². The number of hydrogen-bond donors (Lipinski definition) is 1. The van der Waals surface area contributed by atoms with Gasteiger partial charge in [-0.3, -0.25) is 9.36 Å². The first-order valence-electron chi connectivity index (χ1n) is 10.1. The van der Waals surface area contributed by atoms with Gasteiger partial charge in [0.2, 0.25) is 0 Å². The quantitative estimate of drug-likeness (QED) is 0.475. The Hall–Kier alpha value is -3.32. The van der Waals surface area contributed by atoms with Gasteiger partial charge < -0.3 is 9.73 Å². The summed E-state index contributed by atoms with van der Waals surface area (Å²) < 4.78 is 45.9. The zero-order valence-electron chi connectivity index (χ0n) is 16.5. The highest BCUT2D eigenvalue weighted by Gasteiger charge is 2.30. The summed E-state index contributed by atoms with van der Waals surface area (Å²) in [5, 5.41) is 4.44. The van der Waals surface area contributed by atoms with Gasteiger partial charge in [-0.05, 0) is 54.4 Å². The van der Waals surface area contributed by atoms with Crippen molar-refractivity contribution >= 4 is 11.0 Å². The van der Waals surface area contributed by atoms with Crippen LogP contribution in [-0.2, 0) is 19.1 Å². The van der Waals surface area contributed by atoms with Crippen LogP contribution in [0.15, 0.2) is 70.0 Å². The first-order valence-corrected chi connectivity index (χ1v) is 10.1. The summed E-state index contributed by atoms with van der Waals surface area (Å²) in [5.74, 6) is 0.988. The van der Waals surface area contributed by atoms with E-state index >= 15 is 0 Å². The highest BCUT2D eigenvalue weighted by molar-refractivity contribution is 5.84. The molecule has 1 aliphatic heterocycles. The van der Waals surface area contributed by atoms with Crippen molar-refractivity contribution in [2.45, 2.75) is 25.6 Å². The number of fused-ring (bicyclic) bond motifs is 3. The van der Waals surface area contributed by atoms with Crippen molar-refractivity contribution in [3.63, 3.8) is 0 Å².